The summed E-state index contributed by atoms with van der Waals surface area (Å²) in [7, 11) is 0. The lowest BCUT2D eigenvalue weighted by molar-refractivity contribution is 0.252. The number of aromatic hydroxyl groups is 1. The number of anilines is 1. The van der Waals surface area contributed by atoms with Crippen LogP contribution in [0, 0.1) is 0 Å². The molecule has 2 aromatic carbocycles. The number of carbonyl (C=O) groups excluding carboxylic acids is 1. The van der Waals surface area contributed by atoms with Crippen LogP contribution in [0.5, 0.6) is 5.75 Å². The fourth-order valence-corrected chi connectivity index (χ4v) is 2.03. The van der Waals surface area contributed by atoms with Gasteiger partial charge in [-0.3, -0.25) is 0 Å². The van der Waals surface area contributed by atoms with Gasteiger partial charge in [-0.05, 0) is 24.3 Å². The van der Waals surface area contributed by atoms with Gasteiger partial charge in [-0.15, -0.1) is 0 Å². The first-order valence-corrected chi connectivity index (χ1v) is 6.65. The molecule has 0 spiro atoms. The van der Waals surface area contributed by atoms with Crippen LogP contribution in [0.25, 0.3) is 0 Å². The number of hydrazone groups is 1. The standard InChI is InChI=1S/C14H11Cl2N3O2/c15-10-6-9(13(20)12(16)7-10)8-17-19-14(21)18-11-4-2-1-3-5-11/h1-8,20H,(H2,18,19,21)/b17-8-. The van der Waals surface area contributed by atoms with Gasteiger partial charge >= 0.3 is 6.03 Å². The fraction of sp³-hybridized carbons (Fsp3) is 0. The smallest absolute Gasteiger partial charge is 0.339 e. The average Bonchev–Trinajstić information content (AvgIpc) is 2.45. The molecule has 0 unspecified atom stereocenters. The van der Waals surface area contributed by atoms with Crippen molar-refractivity contribution in [2.24, 2.45) is 5.10 Å². The SMILES string of the molecule is O=C(N/N=C\c1cc(Cl)cc(Cl)c1O)Nc1ccccc1. The molecule has 0 heterocycles. The van der Waals surface area contributed by atoms with E-state index in [0.717, 1.165) is 0 Å². The number of rotatable bonds is 3. The molecule has 3 N–H and O–H groups in total. The van der Waals surface area contributed by atoms with E-state index in [1.165, 1.54) is 18.3 Å². The molecule has 0 saturated carbocycles. The summed E-state index contributed by atoms with van der Waals surface area (Å²) in [5, 5.41) is 16.5. The van der Waals surface area contributed by atoms with Gasteiger partial charge in [-0.25, -0.2) is 10.2 Å². The second-order valence-corrected chi connectivity index (χ2v) is 4.86. The maximum absolute atomic E-state index is 11.6. The minimum atomic E-state index is -0.509. The topological polar surface area (TPSA) is 73.7 Å². The number of nitrogens with zero attached hydrogens (tertiary/aromatic N) is 1. The summed E-state index contributed by atoms with van der Waals surface area (Å²) in [5.74, 6) is -0.157. The van der Waals surface area contributed by atoms with E-state index in [0.29, 0.717) is 16.3 Å². The Morgan fingerprint density at radius 3 is 2.62 bits per heavy atom. The molecule has 2 amide bonds. The maximum Gasteiger partial charge on any atom is 0.339 e. The molecule has 0 bridgehead atoms. The van der Waals surface area contributed by atoms with Gasteiger partial charge in [0.05, 0.1) is 11.2 Å². The van der Waals surface area contributed by atoms with Crippen molar-refractivity contribution in [2.75, 3.05) is 5.32 Å². The van der Waals surface area contributed by atoms with Crippen LogP contribution >= 0.6 is 23.2 Å². The van der Waals surface area contributed by atoms with Crippen LogP contribution in [0.4, 0.5) is 10.5 Å². The highest BCUT2D eigenvalue weighted by molar-refractivity contribution is 6.36. The molecule has 0 fully saturated rings. The number of para-hydroxylation sites is 1. The van der Waals surface area contributed by atoms with Crippen molar-refractivity contribution in [1.82, 2.24) is 5.43 Å². The van der Waals surface area contributed by atoms with Crippen LogP contribution in [-0.4, -0.2) is 17.4 Å². The van der Waals surface area contributed by atoms with Gasteiger partial charge in [0.25, 0.3) is 0 Å². The van der Waals surface area contributed by atoms with Gasteiger partial charge in [-0.1, -0.05) is 41.4 Å². The van der Waals surface area contributed by atoms with E-state index < -0.39 is 6.03 Å². The van der Waals surface area contributed by atoms with Crippen molar-refractivity contribution in [3.63, 3.8) is 0 Å². The number of halogens is 2. The van der Waals surface area contributed by atoms with Gasteiger partial charge in [0.15, 0.2) is 0 Å². The molecule has 21 heavy (non-hydrogen) atoms. The second kappa shape index (κ2) is 6.97. The van der Waals surface area contributed by atoms with Gasteiger partial charge in [0, 0.05) is 16.3 Å². The summed E-state index contributed by atoms with van der Waals surface area (Å²) in [6, 6.07) is 11.3. The van der Waals surface area contributed by atoms with Crippen LogP contribution in [0.1, 0.15) is 5.56 Å². The number of urea groups is 1. The highest BCUT2D eigenvalue weighted by Gasteiger charge is 2.06. The van der Waals surface area contributed by atoms with Gasteiger partial charge < -0.3 is 10.4 Å². The Morgan fingerprint density at radius 2 is 1.90 bits per heavy atom. The van der Waals surface area contributed by atoms with E-state index in [1.807, 2.05) is 6.07 Å². The van der Waals surface area contributed by atoms with Crippen LogP contribution in [0.3, 0.4) is 0 Å². The molecule has 0 saturated heterocycles. The third-order valence-corrected chi connectivity index (χ3v) is 2.97. The van der Waals surface area contributed by atoms with Crippen LogP contribution in [-0.2, 0) is 0 Å². The molecule has 0 aromatic heterocycles. The first-order chi connectivity index (χ1) is 10.1. The second-order valence-electron chi connectivity index (χ2n) is 4.02. The van der Waals surface area contributed by atoms with Crippen LogP contribution in [0.2, 0.25) is 10.0 Å². The van der Waals surface area contributed by atoms with E-state index in [9.17, 15) is 9.90 Å². The summed E-state index contributed by atoms with van der Waals surface area (Å²) in [5.41, 5.74) is 3.20. The minimum absolute atomic E-state index is 0.109. The maximum atomic E-state index is 11.6. The molecule has 0 aliphatic carbocycles. The Morgan fingerprint density at radius 1 is 1.19 bits per heavy atom. The van der Waals surface area contributed by atoms with E-state index in [1.54, 1.807) is 24.3 Å². The van der Waals surface area contributed by atoms with Crippen molar-refractivity contribution >= 4 is 41.1 Å². The van der Waals surface area contributed by atoms with E-state index >= 15 is 0 Å². The molecule has 0 aliphatic heterocycles. The normalized spacial score (nSPS) is 10.6. The van der Waals surface area contributed by atoms with E-state index in [2.05, 4.69) is 15.8 Å². The Kier molecular flexibility index (Phi) is 5.03. The highest BCUT2D eigenvalue weighted by Crippen LogP contribution is 2.29. The van der Waals surface area contributed by atoms with Gasteiger partial charge in [0.2, 0.25) is 0 Å². The number of carbonyl (C=O) groups is 1. The zero-order chi connectivity index (χ0) is 15.2. The molecule has 0 atom stereocenters. The summed E-state index contributed by atoms with van der Waals surface area (Å²) < 4.78 is 0. The van der Waals surface area contributed by atoms with Crippen molar-refractivity contribution in [1.29, 1.82) is 0 Å². The molecule has 5 nitrogen and oxygen atoms in total. The molecule has 0 aliphatic rings. The predicted octanol–water partition coefficient (Wildman–Crippen LogP) is 3.85. The predicted molar refractivity (Wildman–Crippen MR) is 84.3 cm³/mol. The van der Waals surface area contributed by atoms with Gasteiger partial charge in [0.1, 0.15) is 5.75 Å². The monoisotopic (exact) mass is 323 g/mol. The third kappa shape index (κ3) is 4.37. The lowest BCUT2D eigenvalue weighted by atomic mass is 10.2. The van der Waals surface area contributed by atoms with Crippen molar-refractivity contribution in [3.05, 3.63) is 58.1 Å². The van der Waals surface area contributed by atoms with E-state index in [4.69, 9.17) is 23.2 Å². The molecular formula is C14H11Cl2N3O2. The number of amides is 2. The summed E-state index contributed by atoms with van der Waals surface area (Å²) in [4.78, 5) is 11.6. The molecule has 0 radical (unpaired) electrons. The largest absolute Gasteiger partial charge is 0.506 e. The molecule has 2 aromatic rings. The summed E-state index contributed by atoms with van der Waals surface area (Å²) in [6.45, 7) is 0. The Labute approximate surface area is 131 Å². The quantitative estimate of drug-likeness (QED) is 0.592. The molecule has 7 heteroatoms. The number of benzene rings is 2. The average molecular weight is 324 g/mol. The Balaban J connectivity index is 1.98. The number of hydrogen-bond donors (Lipinski definition) is 3. The number of nitrogens with one attached hydrogen (secondary N) is 2. The lowest BCUT2D eigenvalue weighted by Gasteiger charge is -2.04. The minimum Gasteiger partial charge on any atom is -0.506 e. The third-order valence-electron chi connectivity index (χ3n) is 2.46. The zero-order valence-corrected chi connectivity index (χ0v) is 12.2. The molecular weight excluding hydrogens is 313 g/mol. The first-order valence-electron chi connectivity index (χ1n) is 5.89. The Bertz CT molecular complexity index is 675. The number of hydrogen-bond acceptors (Lipinski definition) is 3. The van der Waals surface area contributed by atoms with Crippen molar-refractivity contribution < 1.29 is 9.90 Å². The van der Waals surface area contributed by atoms with Crippen molar-refractivity contribution in [2.45, 2.75) is 0 Å². The van der Waals surface area contributed by atoms with Crippen LogP contribution in [0.15, 0.2) is 47.6 Å². The first kappa shape index (κ1) is 15.2. The zero-order valence-electron chi connectivity index (χ0n) is 10.7. The number of phenolic OH excluding ortho intramolecular Hbond substituents is 1. The molecule has 2 rings (SSSR count). The fourth-order valence-electron chi connectivity index (χ4n) is 1.53. The Hall–Kier alpha value is -2.24. The van der Waals surface area contributed by atoms with Crippen LogP contribution < -0.4 is 10.7 Å². The highest BCUT2D eigenvalue weighted by atomic mass is 35.5. The lowest BCUT2D eigenvalue weighted by Crippen LogP contribution is -2.24. The summed E-state index contributed by atoms with van der Waals surface area (Å²) >= 11 is 11.6. The van der Waals surface area contributed by atoms with Gasteiger partial charge in [-0.2, -0.15) is 5.10 Å². The van der Waals surface area contributed by atoms with Crippen molar-refractivity contribution in [3.8, 4) is 5.75 Å². The summed E-state index contributed by atoms with van der Waals surface area (Å²) in [6.07, 6.45) is 1.25. The van der Waals surface area contributed by atoms with E-state index in [-0.39, 0.29) is 10.8 Å². The molecule has 108 valence electrons. The number of phenols is 1.